The number of nitriles is 1. The fourth-order valence-corrected chi connectivity index (χ4v) is 1.54. The average Bonchev–Trinajstić information content (AvgIpc) is 2.37. The Bertz CT molecular complexity index is 543. The van der Waals surface area contributed by atoms with Crippen LogP contribution in [0.25, 0.3) is 0 Å². The molecule has 0 radical (unpaired) electrons. The number of nitrogens with two attached hydrogens (primary N) is 1. The zero-order valence-corrected chi connectivity index (χ0v) is 9.22. The molecule has 0 aliphatic heterocycles. The molecule has 4 nitrogen and oxygen atoms in total. The van der Waals surface area contributed by atoms with Crippen LogP contribution < -0.4 is 11.1 Å². The van der Waals surface area contributed by atoms with Gasteiger partial charge in [-0.15, -0.1) is 0 Å². The van der Waals surface area contributed by atoms with E-state index in [0.717, 1.165) is 5.56 Å². The van der Waals surface area contributed by atoms with Crippen LogP contribution >= 0.6 is 0 Å². The van der Waals surface area contributed by atoms with Crippen molar-refractivity contribution in [2.45, 2.75) is 6.54 Å². The van der Waals surface area contributed by atoms with Crippen LogP contribution in [0.2, 0.25) is 0 Å². The normalized spacial score (nSPS) is 9.59. The van der Waals surface area contributed by atoms with Crippen molar-refractivity contribution in [3.8, 4) is 6.07 Å². The molecule has 0 saturated carbocycles. The van der Waals surface area contributed by atoms with Gasteiger partial charge in [-0.25, -0.2) is 4.98 Å². The first-order valence-electron chi connectivity index (χ1n) is 5.23. The Morgan fingerprint density at radius 1 is 1.24 bits per heavy atom. The first-order valence-corrected chi connectivity index (χ1v) is 5.23. The van der Waals surface area contributed by atoms with E-state index in [1.54, 1.807) is 12.3 Å². The summed E-state index contributed by atoms with van der Waals surface area (Å²) < 4.78 is 0. The third-order valence-corrected chi connectivity index (χ3v) is 2.42. The summed E-state index contributed by atoms with van der Waals surface area (Å²) in [5.74, 6) is 0.255. The first kappa shape index (κ1) is 11.0. The van der Waals surface area contributed by atoms with E-state index in [2.05, 4.69) is 16.4 Å². The highest BCUT2D eigenvalue weighted by Crippen LogP contribution is 2.19. The van der Waals surface area contributed by atoms with Crippen LogP contribution in [0.4, 0.5) is 11.5 Å². The third-order valence-electron chi connectivity index (χ3n) is 2.42. The van der Waals surface area contributed by atoms with Gasteiger partial charge in [0.2, 0.25) is 0 Å². The average molecular weight is 224 g/mol. The van der Waals surface area contributed by atoms with Gasteiger partial charge in [0.1, 0.15) is 17.5 Å². The van der Waals surface area contributed by atoms with Crippen molar-refractivity contribution < 1.29 is 0 Å². The van der Waals surface area contributed by atoms with E-state index in [1.165, 1.54) is 0 Å². The minimum absolute atomic E-state index is 0.255. The number of hydrogen-bond acceptors (Lipinski definition) is 4. The Labute approximate surface area is 99.7 Å². The molecule has 0 atom stereocenters. The Hall–Kier alpha value is -2.54. The number of rotatable bonds is 3. The van der Waals surface area contributed by atoms with Crippen LogP contribution in [0.1, 0.15) is 11.1 Å². The molecule has 1 aromatic carbocycles. The largest absolute Gasteiger partial charge is 0.383 e. The molecule has 17 heavy (non-hydrogen) atoms. The summed E-state index contributed by atoms with van der Waals surface area (Å²) in [6, 6.07) is 13.8. The summed E-state index contributed by atoms with van der Waals surface area (Å²) in [7, 11) is 0. The van der Waals surface area contributed by atoms with Crippen LogP contribution in [0.5, 0.6) is 0 Å². The predicted octanol–water partition coefficient (Wildman–Crippen LogP) is 2.15. The Balaban J connectivity index is 2.15. The van der Waals surface area contributed by atoms with Crippen molar-refractivity contribution in [2.75, 3.05) is 11.1 Å². The summed E-state index contributed by atoms with van der Waals surface area (Å²) in [4.78, 5) is 3.88. The van der Waals surface area contributed by atoms with E-state index in [9.17, 15) is 0 Å². The number of nitrogens with zero attached hydrogens (tertiary/aromatic N) is 2. The smallest absolute Gasteiger partial charge is 0.143 e. The molecule has 84 valence electrons. The van der Waals surface area contributed by atoms with Crippen LogP contribution in [-0.2, 0) is 6.54 Å². The van der Waals surface area contributed by atoms with Gasteiger partial charge in [0.05, 0.1) is 5.69 Å². The molecule has 0 amide bonds. The molecule has 0 aliphatic carbocycles. The van der Waals surface area contributed by atoms with Crippen molar-refractivity contribution in [1.29, 1.82) is 5.26 Å². The molecule has 2 rings (SSSR count). The Morgan fingerprint density at radius 3 is 2.71 bits per heavy atom. The molecule has 0 saturated heterocycles. The summed E-state index contributed by atoms with van der Waals surface area (Å²) in [5, 5.41) is 12.2. The van der Waals surface area contributed by atoms with E-state index >= 15 is 0 Å². The topological polar surface area (TPSA) is 74.7 Å². The Morgan fingerprint density at radius 2 is 2.00 bits per heavy atom. The van der Waals surface area contributed by atoms with Gasteiger partial charge in [0, 0.05) is 12.7 Å². The first-order chi connectivity index (χ1) is 8.31. The molecular weight excluding hydrogens is 212 g/mol. The fraction of sp³-hybridized carbons (Fsp3) is 0.0769. The highest BCUT2D eigenvalue weighted by atomic mass is 14.9. The zero-order chi connectivity index (χ0) is 12.1. The molecule has 0 fully saturated rings. The van der Waals surface area contributed by atoms with Crippen molar-refractivity contribution in [1.82, 2.24) is 4.98 Å². The van der Waals surface area contributed by atoms with Crippen LogP contribution in [0.3, 0.4) is 0 Å². The monoisotopic (exact) mass is 224 g/mol. The van der Waals surface area contributed by atoms with E-state index in [0.29, 0.717) is 17.8 Å². The number of pyridine rings is 1. The molecule has 0 aliphatic rings. The highest BCUT2D eigenvalue weighted by Gasteiger charge is 2.05. The molecule has 2 aromatic rings. The van der Waals surface area contributed by atoms with Crippen LogP contribution in [0.15, 0.2) is 42.6 Å². The van der Waals surface area contributed by atoms with E-state index in [4.69, 9.17) is 11.0 Å². The molecule has 3 N–H and O–H groups in total. The maximum absolute atomic E-state index is 8.99. The summed E-state index contributed by atoms with van der Waals surface area (Å²) in [6.07, 6.45) is 1.59. The van der Waals surface area contributed by atoms with Gasteiger partial charge >= 0.3 is 0 Å². The number of anilines is 2. The second-order valence-corrected chi connectivity index (χ2v) is 3.57. The van der Waals surface area contributed by atoms with Crippen molar-refractivity contribution in [3.05, 3.63) is 53.7 Å². The quantitative estimate of drug-likeness (QED) is 0.837. The lowest BCUT2D eigenvalue weighted by Gasteiger charge is -2.08. The summed E-state index contributed by atoms with van der Waals surface area (Å²) in [5.41, 5.74) is 7.88. The predicted molar refractivity (Wildman–Crippen MR) is 67.1 cm³/mol. The molecular formula is C13H12N4. The van der Waals surface area contributed by atoms with Gasteiger partial charge < -0.3 is 11.1 Å². The van der Waals surface area contributed by atoms with Gasteiger partial charge in [0.25, 0.3) is 0 Å². The number of nitrogen functional groups attached to an aromatic ring is 1. The van der Waals surface area contributed by atoms with E-state index in [-0.39, 0.29) is 5.82 Å². The van der Waals surface area contributed by atoms with Crippen LogP contribution in [-0.4, -0.2) is 4.98 Å². The maximum atomic E-state index is 8.99. The van der Waals surface area contributed by atoms with E-state index < -0.39 is 0 Å². The SMILES string of the molecule is N#Cc1c(NCc2ccccc2)ccnc1N. The highest BCUT2D eigenvalue weighted by molar-refractivity contribution is 5.65. The zero-order valence-electron chi connectivity index (χ0n) is 9.22. The van der Waals surface area contributed by atoms with Gasteiger partial charge in [-0.1, -0.05) is 30.3 Å². The molecule has 0 bridgehead atoms. The summed E-state index contributed by atoms with van der Waals surface area (Å²) in [6.45, 7) is 0.652. The standard InChI is InChI=1S/C13H12N4/c14-8-11-12(6-7-16-13(11)15)17-9-10-4-2-1-3-5-10/h1-7H,9H2,(H3,15,16,17). The minimum Gasteiger partial charge on any atom is -0.383 e. The van der Waals surface area contributed by atoms with Crippen molar-refractivity contribution in [3.63, 3.8) is 0 Å². The lowest BCUT2D eigenvalue weighted by atomic mass is 10.2. The lowest BCUT2D eigenvalue weighted by Crippen LogP contribution is -2.04. The third kappa shape index (κ3) is 2.52. The van der Waals surface area contributed by atoms with Crippen LogP contribution in [0, 0.1) is 11.3 Å². The van der Waals surface area contributed by atoms with Crippen molar-refractivity contribution >= 4 is 11.5 Å². The summed E-state index contributed by atoms with van der Waals surface area (Å²) >= 11 is 0. The second-order valence-electron chi connectivity index (χ2n) is 3.57. The molecule has 4 heteroatoms. The molecule has 0 spiro atoms. The Kier molecular flexibility index (Phi) is 3.22. The van der Waals surface area contributed by atoms with Gasteiger partial charge in [-0.2, -0.15) is 5.26 Å². The van der Waals surface area contributed by atoms with Gasteiger partial charge in [-0.05, 0) is 11.6 Å². The number of aromatic nitrogens is 1. The van der Waals surface area contributed by atoms with E-state index in [1.807, 2.05) is 30.3 Å². The maximum Gasteiger partial charge on any atom is 0.143 e. The number of benzene rings is 1. The molecule has 1 heterocycles. The van der Waals surface area contributed by atoms with Gasteiger partial charge in [-0.3, -0.25) is 0 Å². The lowest BCUT2D eigenvalue weighted by molar-refractivity contribution is 1.14. The number of hydrogen-bond donors (Lipinski definition) is 2. The molecule has 1 aromatic heterocycles. The minimum atomic E-state index is 0.255. The van der Waals surface area contributed by atoms with Gasteiger partial charge in [0.15, 0.2) is 0 Å². The number of nitrogens with one attached hydrogen (secondary N) is 1. The second kappa shape index (κ2) is 4.99. The van der Waals surface area contributed by atoms with Crippen molar-refractivity contribution in [2.24, 2.45) is 0 Å². The molecule has 0 unspecified atom stereocenters. The fourth-order valence-electron chi connectivity index (χ4n) is 1.54.